The average molecular weight is 390 g/mol. The zero-order chi connectivity index (χ0) is 14.9. The van der Waals surface area contributed by atoms with Gasteiger partial charge in [-0.2, -0.15) is 0 Å². The van der Waals surface area contributed by atoms with Gasteiger partial charge in [0.05, 0.1) is 0 Å². The number of likely N-dealkylation sites (N-methyl/N-ethyl adjacent to an activating group) is 1. The second-order valence-corrected chi connectivity index (χ2v) is 9.91. The molecule has 1 unspecified atom stereocenters. The van der Waals surface area contributed by atoms with Gasteiger partial charge in [0.15, 0.2) is 0 Å². The maximum atomic E-state index is 12.6. The number of halogens is 1. The van der Waals surface area contributed by atoms with Gasteiger partial charge >= 0.3 is 126 Å². The Hall–Kier alpha value is -1.15. The van der Waals surface area contributed by atoms with Gasteiger partial charge in [-0.15, -0.1) is 0 Å². The van der Waals surface area contributed by atoms with Crippen LogP contribution >= 0.6 is 20.2 Å². The Labute approximate surface area is 126 Å². The molecule has 2 N–H and O–H groups in total. The fourth-order valence-corrected chi connectivity index (χ4v) is 6.88. The average Bonchev–Trinajstić information content (AvgIpc) is 2.79. The van der Waals surface area contributed by atoms with Gasteiger partial charge in [0.2, 0.25) is 0 Å². The van der Waals surface area contributed by atoms with Crippen LogP contribution in [-0.2, 0) is 7.86 Å². The molecule has 0 saturated heterocycles. The summed E-state index contributed by atoms with van der Waals surface area (Å²) in [4.78, 5) is 26.2. The van der Waals surface area contributed by atoms with Gasteiger partial charge in [0, 0.05) is 0 Å². The SMILES string of the molecule is CCN(CC)C(=O)C(C)(N)I1OC(=O)c2ccccc21. The van der Waals surface area contributed by atoms with Crippen molar-refractivity contribution in [2.75, 3.05) is 13.1 Å². The standard InChI is InChI=1S/C14H19IN2O3/c1-4-17(5-2)13(19)14(3,16)15-11-9-7-6-8-10(11)12(18)20-15/h6-9H,4-5,16H2,1-3H3. The van der Waals surface area contributed by atoms with Gasteiger partial charge < -0.3 is 0 Å². The second-order valence-electron chi connectivity index (χ2n) is 4.65. The Morgan fingerprint density at radius 3 is 2.55 bits per heavy atom. The number of carbonyl (C=O) groups excluding carboxylic acids is 2. The van der Waals surface area contributed by atoms with Gasteiger partial charge in [-0.1, -0.05) is 0 Å². The summed E-state index contributed by atoms with van der Waals surface area (Å²) in [5, 5.41) is 0. The van der Waals surface area contributed by atoms with Gasteiger partial charge in [0.25, 0.3) is 0 Å². The van der Waals surface area contributed by atoms with Crippen molar-refractivity contribution in [2.24, 2.45) is 5.73 Å². The molecule has 110 valence electrons. The Morgan fingerprint density at radius 1 is 1.35 bits per heavy atom. The van der Waals surface area contributed by atoms with E-state index in [4.69, 9.17) is 8.80 Å². The van der Waals surface area contributed by atoms with Gasteiger partial charge in [-0.3, -0.25) is 0 Å². The van der Waals surface area contributed by atoms with E-state index in [1.54, 1.807) is 24.0 Å². The molecule has 0 aliphatic carbocycles. The summed E-state index contributed by atoms with van der Waals surface area (Å²) in [6.45, 7) is 6.71. The molecule has 0 bridgehead atoms. The van der Waals surface area contributed by atoms with E-state index < -0.39 is 23.8 Å². The fraction of sp³-hybridized carbons (Fsp3) is 0.429. The number of carbonyl (C=O) groups is 2. The monoisotopic (exact) mass is 390 g/mol. The summed E-state index contributed by atoms with van der Waals surface area (Å²) >= 11 is -2.56. The third-order valence-electron chi connectivity index (χ3n) is 3.25. The topological polar surface area (TPSA) is 72.6 Å². The number of hydrogen-bond acceptors (Lipinski definition) is 4. The summed E-state index contributed by atoms with van der Waals surface area (Å²) in [5.41, 5.74) is 6.85. The molecule has 1 aromatic carbocycles. The molecule has 6 heteroatoms. The Kier molecular flexibility index (Phi) is 4.33. The molecular weight excluding hydrogens is 371 g/mol. The third kappa shape index (κ3) is 2.42. The van der Waals surface area contributed by atoms with Gasteiger partial charge in [-0.05, 0) is 0 Å². The molecule has 5 nitrogen and oxygen atoms in total. The molecule has 0 saturated carbocycles. The van der Waals surface area contributed by atoms with Crippen LogP contribution in [0.1, 0.15) is 31.1 Å². The maximum absolute atomic E-state index is 12.6. The number of hydrogen-bond donors (Lipinski definition) is 1. The molecule has 1 atom stereocenters. The van der Waals surface area contributed by atoms with Crippen LogP contribution in [0, 0.1) is 3.57 Å². The molecule has 2 rings (SSSR count). The minimum atomic E-state index is -2.56. The summed E-state index contributed by atoms with van der Waals surface area (Å²) in [7, 11) is 0. The van der Waals surface area contributed by atoms with Crippen molar-refractivity contribution in [3.8, 4) is 0 Å². The summed E-state index contributed by atoms with van der Waals surface area (Å²) < 4.78 is 5.23. The Bertz CT molecular complexity index is 541. The van der Waals surface area contributed by atoms with E-state index >= 15 is 0 Å². The molecule has 0 spiro atoms. The van der Waals surface area contributed by atoms with Crippen LogP contribution in [0.5, 0.6) is 0 Å². The molecule has 0 radical (unpaired) electrons. The number of rotatable bonds is 4. The molecule has 0 aromatic heterocycles. The normalized spacial score (nSPS) is 18.2. The number of amides is 1. The van der Waals surface area contributed by atoms with E-state index in [9.17, 15) is 9.59 Å². The van der Waals surface area contributed by atoms with Crippen molar-refractivity contribution in [3.05, 3.63) is 33.4 Å². The van der Waals surface area contributed by atoms with Crippen molar-refractivity contribution >= 4 is 32.1 Å². The van der Waals surface area contributed by atoms with Crippen molar-refractivity contribution in [1.82, 2.24) is 4.90 Å². The zero-order valence-electron chi connectivity index (χ0n) is 11.9. The van der Waals surface area contributed by atoms with E-state index in [1.807, 2.05) is 26.0 Å². The fourth-order valence-electron chi connectivity index (χ4n) is 2.11. The van der Waals surface area contributed by atoms with Gasteiger partial charge in [0.1, 0.15) is 0 Å². The first-order valence-electron chi connectivity index (χ1n) is 6.53. The molecule has 20 heavy (non-hydrogen) atoms. The first-order chi connectivity index (χ1) is 9.43. The van der Waals surface area contributed by atoms with Crippen molar-refractivity contribution in [1.29, 1.82) is 0 Å². The van der Waals surface area contributed by atoms with Crippen LogP contribution in [0.3, 0.4) is 0 Å². The van der Waals surface area contributed by atoms with E-state index in [1.165, 1.54) is 0 Å². The van der Waals surface area contributed by atoms with E-state index in [0.29, 0.717) is 18.7 Å². The third-order valence-corrected chi connectivity index (χ3v) is 8.58. The number of benzene rings is 1. The molecular formula is C14H19IN2O3. The van der Waals surface area contributed by atoms with E-state index in [-0.39, 0.29) is 11.9 Å². The number of alkyl halides is 1. The first-order valence-corrected chi connectivity index (χ1v) is 9.57. The second kappa shape index (κ2) is 5.69. The molecule has 1 heterocycles. The van der Waals surface area contributed by atoms with Crippen LogP contribution in [0.25, 0.3) is 0 Å². The summed E-state index contributed by atoms with van der Waals surface area (Å²) in [6, 6.07) is 7.22. The number of fused-ring (bicyclic) bond motifs is 1. The Balaban J connectivity index is 2.36. The van der Waals surface area contributed by atoms with Gasteiger partial charge in [-0.25, -0.2) is 0 Å². The minimum absolute atomic E-state index is 0.141. The molecule has 1 aromatic rings. The molecule has 1 aliphatic rings. The summed E-state index contributed by atoms with van der Waals surface area (Å²) in [6.07, 6.45) is 0. The predicted molar refractivity (Wildman–Crippen MR) is 85.1 cm³/mol. The van der Waals surface area contributed by atoms with E-state index in [0.717, 1.165) is 3.57 Å². The zero-order valence-corrected chi connectivity index (χ0v) is 14.0. The molecule has 1 amide bonds. The number of nitrogens with zero attached hydrogens (tertiary/aromatic N) is 1. The van der Waals surface area contributed by atoms with Crippen molar-refractivity contribution in [2.45, 2.75) is 24.3 Å². The Morgan fingerprint density at radius 2 is 1.95 bits per heavy atom. The van der Waals surface area contributed by atoms with Crippen LogP contribution in [-0.4, -0.2) is 33.4 Å². The molecule has 1 aliphatic heterocycles. The predicted octanol–water partition coefficient (Wildman–Crippen LogP) is 1.99. The molecule has 0 fully saturated rings. The number of nitrogens with two attached hydrogens (primary N) is 1. The van der Waals surface area contributed by atoms with Crippen molar-refractivity contribution < 1.29 is 12.7 Å². The van der Waals surface area contributed by atoms with Crippen LogP contribution in [0.15, 0.2) is 24.3 Å². The quantitative estimate of drug-likeness (QED) is 0.485. The van der Waals surface area contributed by atoms with E-state index in [2.05, 4.69) is 0 Å². The van der Waals surface area contributed by atoms with Crippen LogP contribution < -0.4 is 5.73 Å². The first kappa shape index (κ1) is 15.2. The summed E-state index contributed by atoms with van der Waals surface area (Å²) in [5.74, 6) is -0.493. The van der Waals surface area contributed by atoms with Crippen LogP contribution in [0.2, 0.25) is 0 Å². The van der Waals surface area contributed by atoms with Crippen LogP contribution in [0.4, 0.5) is 0 Å². The van der Waals surface area contributed by atoms with Crippen molar-refractivity contribution in [3.63, 3.8) is 0 Å².